The first-order valence-corrected chi connectivity index (χ1v) is 13.1. The third-order valence-corrected chi connectivity index (χ3v) is 7.88. The van der Waals surface area contributed by atoms with Crippen molar-refractivity contribution in [3.8, 4) is 33.5 Å². The number of aryl methyl sites for hydroxylation is 1. The first kappa shape index (κ1) is 22.4. The van der Waals surface area contributed by atoms with Gasteiger partial charge in [0, 0.05) is 11.8 Å². The van der Waals surface area contributed by atoms with E-state index in [9.17, 15) is 0 Å². The lowest BCUT2D eigenvalue weighted by Gasteiger charge is -2.14. The standard InChI is InChI=1S/C37H27N/c1-24-10-3-4-11-28(24)29-16-9-17-30(25(29)2)37-23-27(20-21-38-37)26-18-19-35-33-14-6-5-12-31(33)32-13-7-8-15-34(32)36(35)22-26/h3-23H,1-2H3. The normalized spacial score (nSPS) is 11.4. The van der Waals surface area contributed by atoms with E-state index in [4.69, 9.17) is 4.98 Å². The number of nitrogens with zero attached hydrogens (tertiary/aromatic N) is 1. The molecular formula is C37H27N. The molecule has 1 aromatic heterocycles. The van der Waals surface area contributed by atoms with Crippen LogP contribution in [0, 0.1) is 13.8 Å². The molecule has 0 saturated carbocycles. The molecule has 1 nitrogen and oxygen atoms in total. The molecule has 180 valence electrons. The zero-order valence-electron chi connectivity index (χ0n) is 21.6. The predicted octanol–water partition coefficient (Wildman–Crippen LogP) is 10.2. The number of hydrogen-bond donors (Lipinski definition) is 0. The first-order valence-electron chi connectivity index (χ1n) is 13.1. The molecule has 0 bridgehead atoms. The van der Waals surface area contributed by atoms with E-state index in [1.54, 1.807) is 0 Å². The van der Waals surface area contributed by atoms with Gasteiger partial charge in [0.15, 0.2) is 0 Å². The Morgan fingerprint density at radius 3 is 1.68 bits per heavy atom. The third-order valence-electron chi connectivity index (χ3n) is 7.88. The number of fused-ring (bicyclic) bond motifs is 6. The largest absolute Gasteiger partial charge is 0.256 e. The summed E-state index contributed by atoms with van der Waals surface area (Å²) in [6, 6.07) is 43.8. The van der Waals surface area contributed by atoms with Crippen molar-refractivity contribution >= 4 is 32.3 Å². The highest BCUT2D eigenvalue weighted by Gasteiger charge is 2.13. The Labute approximate surface area is 223 Å². The molecule has 0 N–H and O–H groups in total. The van der Waals surface area contributed by atoms with Gasteiger partial charge in [0.05, 0.1) is 5.69 Å². The monoisotopic (exact) mass is 485 g/mol. The van der Waals surface area contributed by atoms with Crippen LogP contribution < -0.4 is 0 Å². The van der Waals surface area contributed by atoms with Crippen LogP contribution in [0.15, 0.2) is 128 Å². The molecule has 6 aromatic carbocycles. The topological polar surface area (TPSA) is 12.9 Å². The summed E-state index contributed by atoms with van der Waals surface area (Å²) in [5.41, 5.74) is 9.62. The minimum Gasteiger partial charge on any atom is -0.256 e. The highest BCUT2D eigenvalue weighted by molar-refractivity contribution is 6.25. The minimum absolute atomic E-state index is 0.999. The van der Waals surface area contributed by atoms with Gasteiger partial charge >= 0.3 is 0 Å². The Hall–Kier alpha value is -4.75. The van der Waals surface area contributed by atoms with Gasteiger partial charge in [-0.05, 0) is 97.7 Å². The van der Waals surface area contributed by atoms with Crippen molar-refractivity contribution in [2.24, 2.45) is 0 Å². The van der Waals surface area contributed by atoms with Crippen LogP contribution in [-0.2, 0) is 0 Å². The molecule has 7 aromatic rings. The average molecular weight is 486 g/mol. The fourth-order valence-electron chi connectivity index (χ4n) is 5.92. The summed E-state index contributed by atoms with van der Waals surface area (Å²) in [6.45, 7) is 4.38. The number of hydrogen-bond acceptors (Lipinski definition) is 1. The summed E-state index contributed by atoms with van der Waals surface area (Å²) in [7, 11) is 0. The van der Waals surface area contributed by atoms with Gasteiger partial charge in [-0.1, -0.05) is 103 Å². The van der Waals surface area contributed by atoms with Crippen LogP contribution in [0.5, 0.6) is 0 Å². The van der Waals surface area contributed by atoms with E-state index in [-0.39, 0.29) is 0 Å². The molecular weight excluding hydrogens is 458 g/mol. The summed E-state index contributed by atoms with van der Waals surface area (Å²) in [4.78, 5) is 4.81. The van der Waals surface area contributed by atoms with Crippen molar-refractivity contribution in [1.29, 1.82) is 0 Å². The minimum atomic E-state index is 0.999. The second-order valence-corrected chi connectivity index (χ2v) is 10.1. The average Bonchev–Trinajstić information content (AvgIpc) is 2.98. The van der Waals surface area contributed by atoms with Crippen molar-refractivity contribution in [2.75, 3.05) is 0 Å². The molecule has 0 saturated heterocycles. The fourth-order valence-corrected chi connectivity index (χ4v) is 5.92. The summed E-state index contributed by atoms with van der Waals surface area (Å²) < 4.78 is 0. The van der Waals surface area contributed by atoms with Crippen LogP contribution in [0.3, 0.4) is 0 Å². The third kappa shape index (κ3) is 3.59. The van der Waals surface area contributed by atoms with Gasteiger partial charge < -0.3 is 0 Å². The van der Waals surface area contributed by atoms with E-state index in [0.717, 1.165) is 5.69 Å². The molecule has 1 heterocycles. The van der Waals surface area contributed by atoms with Crippen LogP contribution >= 0.6 is 0 Å². The van der Waals surface area contributed by atoms with Gasteiger partial charge in [-0.2, -0.15) is 0 Å². The van der Waals surface area contributed by atoms with E-state index in [1.165, 1.54) is 71.3 Å². The van der Waals surface area contributed by atoms with Crippen LogP contribution in [0.25, 0.3) is 65.8 Å². The van der Waals surface area contributed by atoms with Crippen molar-refractivity contribution in [3.05, 3.63) is 139 Å². The molecule has 0 unspecified atom stereocenters. The maximum Gasteiger partial charge on any atom is 0.0711 e. The van der Waals surface area contributed by atoms with Gasteiger partial charge in [-0.15, -0.1) is 0 Å². The van der Waals surface area contributed by atoms with Crippen LogP contribution in [0.2, 0.25) is 0 Å². The smallest absolute Gasteiger partial charge is 0.0711 e. The highest BCUT2D eigenvalue weighted by Crippen LogP contribution is 2.38. The molecule has 0 aliphatic carbocycles. The van der Waals surface area contributed by atoms with Crippen LogP contribution in [0.4, 0.5) is 0 Å². The lowest BCUT2D eigenvalue weighted by Crippen LogP contribution is -1.93. The predicted molar refractivity (Wildman–Crippen MR) is 163 cm³/mol. The zero-order chi connectivity index (χ0) is 25.6. The van der Waals surface area contributed by atoms with Gasteiger partial charge in [-0.25, -0.2) is 0 Å². The van der Waals surface area contributed by atoms with Crippen molar-refractivity contribution in [1.82, 2.24) is 4.98 Å². The molecule has 0 atom stereocenters. The van der Waals surface area contributed by atoms with E-state index in [0.29, 0.717) is 0 Å². The molecule has 38 heavy (non-hydrogen) atoms. The maximum atomic E-state index is 4.81. The molecule has 0 aliphatic rings. The number of aromatic nitrogens is 1. The molecule has 0 radical (unpaired) electrons. The Kier molecular flexibility index (Phi) is 5.30. The summed E-state index contributed by atoms with van der Waals surface area (Å²) in [6.07, 6.45) is 1.94. The van der Waals surface area contributed by atoms with E-state index >= 15 is 0 Å². The second kappa shape index (κ2) is 8.97. The van der Waals surface area contributed by atoms with Crippen molar-refractivity contribution in [2.45, 2.75) is 13.8 Å². The fraction of sp³-hybridized carbons (Fsp3) is 0.0541. The van der Waals surface area contributed by atoms with Crippen LogP contribution in [0.1, 0.15) is 11.1 Å². The van der Waals surface area contributed by atoms with Gasteiger partial charge in [0.25, 0.3) is 0 Å². The molecule has 1 heteroatoms. The molecule has 0 fully saturated rings. The summed E-state index contributed by atoms with van der Waals surface area (Å²) in [5.74, 6) is 0. The van der Waals surface area contributed by atoms with Gasteiger partial charge in [0.1, 0.15) is 0 Å². The number of benzene rings is 6. The Bertz CT molecular complexity index is 1960. The molecule has 0 amide bonds. The van der Waals surface area contributed by atoms with Crippen molar-refractivity contribution in [3.63, 3.8) is 0 Å². The SMILES string of the molecule is Cc1ccccc1-c1cccc(-c2cc(-c3ccc4c5ccccc5c5ccccc5c4c3)ccn2)c1C. The zero-order valence-corrected chi connectivity index (χ0v) is 21.6. The molecule has 7 rings (SSSR count). The lowest BCUT2D eigenvalue weighted by atomic mass is 9.91. The lowest BCUT2D eigenvalue weighted by molar-refractivity contribution is 1.30. The number of pyridine rings is 1. The maximum absolute atomic E-state index is 4.81. The first-order chi connectivity index (χ1) is 18.7. The van der Waals surface area contributed by atoms with Gasteiger partial charge in [-0.3, -0.25) is 4.98 Å². The Balaban J connectivity index is 1.39. The number of rotatable bonds is 3. The Morgan fingerprint density at radius 1 is 0.421 bits per heavy atom. The summed E-state index contributed by atoms with van der Waals surface area (Å²) >= 11 is 0. The highest BCUT2D eigenvalue weighted by atomic mass is 14.7. The quantitative estimate of drug-likeness (QED) is 0.227. The second-order valence-electron chi connectivity index (χ2n) is 10.1. The van der Waals surface area contributed by atoms with E-state index in [1.807, 2.05) is 6.20 Å². The van der Waals surface area contributed by atoms with Gasteiger partial charge in [0.2, 0.25) is 0 Å². The van der Waals surface area contributed by atoms with Crippen LogP contribution in [-0.4, -0.2) is 4.98 Å². The van der Waals surface area contributed by atoms with E-state index < -0.39 is 0 Å². The molecule has 0 spiro atoms. The van der Waals surface area contributed by atoms with E-state index in [2.05, 4.69) is 135 Å². The Morgan fingerprint density at radius 2 is 0.974 bits per heavy atom. The van der Waals surface area contributed by atoms with Crippen molar-refractivity contribution < 1.29 is 0 Å². The molecule has 0 aliphatic heterocycles. The summed E-state index contributed by atoms with van der Waals surface area (Å²) in [5, 5.41) is 7.77.